The molecule has 0 aromatic heterocycles. The summed E-state index contributed by atoms with van der Waals surface area (Å²) in [5, 5.41) is 0. The Bertz CT molecular complexity index is 391. The fourth-order valence-electron chi connectivity index (χ4n) is 1.80. The van der Waals surface area contributed by atoms with Crippen molar-refractivity contribution in [1.82, 2.24) is 0 Å². The molecule has 0 amide bonds. The molecule has 1 heterocycles. The molecule has 2 rings (SSSR count). The highest BCUT2D eigenvalue weighted by molar-refractivity contribution is 7.54. The number of hydrogen-bond acceptors (Lipinski definition) is 3. The van der Waals surface area contributed by atoms with Gasteiger partial charge in [0, 0.05) is 0 Å². The van der Waals surface area contributed by atoms with E-state index in [1.165, 1.54) is 0 Å². The summed E-state index contributed by atoms with van der Waals surface area (Å²) < 4.78 is 23.4. The number of rotatable bonds is 2. The van der Waals surface area contributed by atoms with Crippen LogP contribution in [0, 0.1) is 0 Å². The second-order valence-electron chi connectivity index (χ2n) is 4.16. The highest BCUT2D eigenvalue weighted by atomic mass is 31.2. The van der Waals surface area contributed by atoms with Crippen LogP contribution in [0.1, 0.15) is 31.5 Å². The average Bonchev–Trinajstić information content (AvgIpc) is 2.29. The molecular formula is C12H17O3P. The smallest absolute Gasteiger partial charge is 0.308 e. The lowest BCUT2D eigenvalue weighted by Crippen LogP contribution is -2.19. The molecule has 0 N–H and O–H groups in total. The molecule has 0 saturated carbocycles. The average molecular weight is 240 g/mol. The van der Waals surface area contributed by atoms with Crippen LogP contribution < -0.4 is 0 Å². The molecule has 16 heavy (non-hydrogen) atoms. The molecule has 1 unspecified atom stereocenters. The minimum atomic E-state index is -2.98. The van der Waals surface area contributed by atoms with E-state index in [4.69, 9.17) is 9.05 Å². The Morgan fingerprint density at radius 1 is 1.38 bits per heavy atom. The van der Waals surface area contributed by atoms with Gasteiger partial charge in [-0.05, 0) is 25.8 Å². The quantitative estimate of drug-likeness (QED) is 0.738. The number of hydrogen-bond donors (Lipinski definition) is 0. The monoisotopic (exact) mass is 240 g/mol. The third-order valence-electron chi connectivity index (χ3n) is 2.88. The van der Waals surface area contributed by atoms with Gasteiger partial charge in [0.15, 0.2) is 0 Å². The maximum atomic E-state index is 12.5. The van der Waals surface area contributed by atoms with Crippen molar-refractivity contribution in [3.63, 3.8) is 0 Å². The van der Waals surface area contributed by atoms with Crippen molar-refractivity contribution in [2.45, 2.75) is 32.0 Å². The van der Waals surface area contributed by atoms with Gasteiger partial charge < -0.3 is 9.05 Å². The first-order valence-electron chi connectivity index (χ1n) is 5.59. The minimum Gasteiger partial charge on any atom is -0.308 e. The molecule has 4 heteroatoms. The van der Waals surface area contributed by atoms with E-state index < -0.39 is 7.60 Å². The summed E-state index contributed by atoms with van der Waals surface area (Å²) >= 11 is 0. The molecule has 3 nitrogen and oxygen atoms in total. The van der Waals surface area contributed by atoms with E-state index >= 15 is 0 Å². The van der Waals surface area contributed by atoms with Crippen molar-refractivity contribution in [3.05, 3.63) is 35.9 Å². The largest absolute Gasteiger partial charge is 0.338 e. The first kappa shape index (κ1) is 11.8. The summed E-state index contributed by atoms with van der Waals surface area (Å²) in [7, 11) is -2.98. The van der Waals surface area contributed by atoms with Crippen LogP contribution in [0.5, 0.6) is 0 Å². The van der Waals surface area contributed by atoms with Crippen LogP contribution in [0.4, 0.5) is 0 Å². The standard InChI is InChI=1S/C12H17O3P/c1-10-8-9-14-16(13,15-10)11(2)12-6-4-3-5-7-12/h3-7,10-11H,8-9H2,1-2H3/t10-,11-,16?/m1/s1. The Morgan fingerprint density at radius 2 is 2.06 bits per heavy atom. The Kier molecular flexibility index (Phi) is 3.48. The van der Waals surface area contributed by atoms with Gasteiger partial charge in [0.25, 0.3) is 0 Å². The third-order valence-corrected chi connectivity index (χ3v) is 5.32. The van der Waals surface area contributed by atoms with E-state index in [9.17, 15) is 4.57 Å². The minimum absolute atomic E-state index is 0.0192. The molecule has 0 aliphatic carbocycles. The Hall–Kier alpha value is -0.630. The van der Waals surface area contributed by atoms with Crippen molar-refractivity contribution < 1.29 is 13.6 Å². The van der Waals surface area contributed by atoms with Crippen LogP contribution >= 0.6 is 7.60 Å². The molecule has 88 valence electrons. The van der Waals surface area contributed by atoms with E-state index in [0.717, 1.165) is 12.0 Å². The van der Waals surface area contributed by atoms with Gasteiger partial charge in [-0.25, -0.2) is 0 Å². The van der Waals surface area contributed by atoms with Gasteiger partial charge >= 0.3 is 7.60 Å². The first-order chi connectivity index (χ1) is 7.62. The van der Waals surface area contributed by atoms with Crippen molar-refractivity contribution in [1.29, 1.82) is 0 Å². The van der Waals surface area contributed by atoms with Gasteiger partial charge in [-0.15, -0.1) is 0 Å². The van der Waals surface area contributed by atoms with Crippen LogP contribution in [0.15, 0.2) is 30.3 Å². The molecule has 0 bridgehead atoms. The topological polar surface area (TPSA) is 35.5 Å². The van der Waals surface area contributed by atoms with E-state index in [1.54, 1.807) is 0 Å². The van der Waals surface area contributed by atoms with Gasteiger partial charge in [0.2, 0.25) is 0 Å². The fraction of sp³-hybridized carbons (Fsp3) is 0.500. The number of benzene rings is 1. The molecule has 1 aliphatic heterocycles. The summed E-state index contributed by atoms with van der Waals surface area (Å²) in [6.45, 7) is 4.36. The Labute approximate surface area is 96.3 Å². The summed E-state index contributed by atoms with van der Waals surface area (Å²) in [6, 6.07) is 9.72. The summed E-state index contributed by atoms with van der Waals surface area (Å²) in [5.74, 6) is 0. The lowest BCUT2D eigenvalue weighted by molar-refractivity contribution is 0.0883. The molecule has 1 aliphatic rings. The van der Waals surface area contributed by atoms with Gasteiger partial charge in [0.1, 0.15) is 0 Å². The predicted molar refractivity (Wildman–Crippen MR) is 63.6 cm³/mol. The van der Waals surface area contributed by atoms with Crippen LogP contribution in [-0.4, -0.2) is 12.7 Å². The molecule has 1 fully saturated rings. The zero-order valence-corrected chi connectivity index (χ0v) is 10.5. The van der Waals surface area contributed by atoms with E-state index in [2.05, 4.69) is 0 Å². The Morgan fingerprint density at radius 3 is 2.69 bits per heavy atom. The van der Waals surface area contributed by atoms with Crippen molar-refractivity contribution in [2.75, 3.05) is 6.61 Å². The normalized spacial score (nSPS) is 32.2. The van der Waals surface area contributed by atoms with Crippen LogP contribution in [0.2, 0.25) is 0 Å². The van der Waals surface area contributed by atoms with Crippen molar-refractivity contribution in [2.24, 2.45) is 0 Å². The van der Waals surface area contributed by atoms with E-state index in [-0.39, 0.29) is 11.8 Å². The highest BCUT2D eigenvalue weighted by Gasteiger charge is 2.38. The van der Waals surface area contributed by atoms with E-state index in [1.807, 2.05) is 44.2 Å². The molecule has 0 radical (unpaired) electrons. The molecule has 1 aromatic carbocycles. The summed E-state index contributed by atoms with van der Waals surface area (Å²) in [4.78, 5) is 0. The highest BCUT2D eigenvalue weighted by Crippen LogP contribution is 2.63. The Balaban J connectivity index is 2.21. The third kappa shape index (κ3) is 2.37. The lowest BCUT2D eigenvalue weighted by Gasteiger charge is -2.31. The lowest BCUT2D eigenvalue weighted by atomic mass is 10.2. The molecule has 1 aromatic rings. The maximum absolute atomic E-state index is 12.5. The first-order valence-corrected chi connectivity index (χ1v) is 7.20. The van der Waals surface area contributed by atoms with Crippen molar-refractivity contribution >= 4 is 7.60 Å². The molecule has 0 spiro atoms. The molecular weight excluding hydrogens is 223 g/mol. The molecule has 3 atom stereocenters. The second kappa shape index (κ2) is 4.70. The fourth-order valence-corrected chi connectivity index (χ4v) is 3.77. The van der Waals surface area contributed by atoms with Crippen LogP contribution in [-0.2, 0) is 13.6 Å². The predicted octanol–water partition coefficient (Wildman–Crippen LogP) is 3.77. The van der Waals surface area contributed by atoms with E-state index in [0.29, 0.717) is 6.61 Å². The van der Waals surface area contributed by atoms with Crippen molar-refractivity contribution in [3.8, 4) is 0 Å². The maximum Gasteiger partial charge on any atom is 0.338 e. The zero-order chi connectivity index (χ0) is 11.6. The van der Waals surface area contributed by atoms with Gasteiger partial charge in [-0.3, -0.25) is 4.57 Å². The van der Waals surface area contributed by atoms with Gasteiger partial charge in [-0.2, -0.15) is 0 Å². The summed E-state index contributed by atoms with van der Waals surface area (Å²) in [6.07, 6.45) is 0.830. The van der Waals surface area contributed by atoms with Gasteiger partial charge in [0.05, 0.1) is 18.4 Å². The summed E-state index contributed by atoms with van der Waals surface area (Å²) in [5.41, 5.74) is 0.802. The second-order valence-corrected chi connectivity index (χ2v) is 6.49. The SMILES string of the molecule is C[C@@H]1CCOP(=O)([C@H](C)c2ccccc2)O1. The van der Waals surface area contributed by atoms with Gasteiger partial charge in [-0.1, -0.05) is 30.3 Å². The van der Waals surface area contributed by atoms with Crippen LogP contribution in [0.25, 0.3) is 0 Å². The zero-order valence-electron chi connectivity index (χ0n) is 9.63. The molecule has 1 saturated heterocycles. The van der Waals surface area contributed by atoms with Crippen LogP contribution in [0.3, 0.4) is 0 Å².